The minimum Gasteiger partial charge on any atom is -0.195 e. The van der Waals surface area contributed by atoms with E-state index in [0.29, 0.717) is 0 Å². The van der Waals surface area contributed by atoms with Gasteiger partial charge in [-0.3, -0.25) is 0 Å². The van der Waals surface area contributed by atoms with Crippen molar-refractivity contribution in [1.29, 1.82) is 0 Å². The molecule has 1 aromatic rings. The molecule has 0 N–H and O–H groups in total. The molecule has 0 spiro atoms. The largest absolute Gasteiger partial charge is 0.195 e. The van der Waals surface area contributed by atoms with Crippen LogP contribution < -0.4 is 0 Å². The summed E-state index contributed by atoms with van der Waals surface area (Å²) in [7, 11) is 0. The minimum absolute atomic E-state index is 0. The number of fused-ring (bicyclic) bond motifs is 1. The molecule has 2 rings (SSSR count). The zero-order valence-electron chi connectivity index (χ0n) is 13.5. The maximum Gasteiger partial charge on any atom is 0 e. The van der Waals surface area contributed by atoms with E-state index in [-0.39, 0.29) is 58.9 Å². The summed E-state index contributed by atoms with van der Waals surface area (Å²) in [4.78, 5) is 0. The molecule has 4 unspecified atom stereocenters. The average Bonchev–Trinajstić information content (AvgIpc) is 2.48. The Morgan fingerprint density at radius 1 is 0.800 bits per heavy atom. The molecule has 20 heavy (non-hydrogen) atoms. The van der Waals surface area contributed by atoms with Crippen LogP contribution in [0.5, 0.6) is 0 Å². The van der Waals surface area contributed by atoms with E-state index in [1.165, 1.54) is 5.56 Å². The molecule has 1 aliphatic rings. The molecule has 4 atom stereocenters. The van der Waals surface area contributed by atoms with Gasteiger partial charge in [-0.25, -0.2) is 0 Å². The summed E-state index contributed by atoms with van der Waals surface area (Å²) in [5.74, 6) is 3.08. The molecule has 0 bridgehead atoms. The smallest absolute Gasteiger partial charge is 0 e. The van der Waals surface area contributed by atoms with E-state index >= 15 is 0 Å². The third-order valence-corrected chi connectivity index (χ3v) is 5.54. The first-order valence-electron chi connectivity index (χ1n) is 6.64. The van der Waals surface area contributed by atoms with Gasteiger partial charge in [0.15, 0.2) is 0 Å². The molecule has 0 heterocycles. The fourth-order valence-electron chi connectivity index (χ4n) is 3.70. The summed E-state index contributed by atoms with van der Waals surface area (Å²) in [6.07, 6.45) is 0. The van der Waals surface area contributed by atoms with Gasteiger partial charge in [-0.1, -0.05) is 54.4 Å². The molecule has 0 aliphatic heterocycles. The molecule has 0 saturated carbocycles. The molecule has 0 nitrogen and oxygen atoms in total. The molecular weight excluding hydrogens is 346 g/mol. The topological polar surface area (TPSA) is 0 Å². The van der Waals surface area contributed by atoms with E-state index in [2.05, 4.69) is 48.5 Å². The van der Waals surface area contributed by atoms with Crippen molar-refractivity contribution >= 4 is 37.2 Å². The van der Waals surface area contributed by atoms with Gasteiger partial charge >= 0.3 is 0 Å². The third kappa shape index (κ3) is 3.63. The summed E-state index contributed by atoms with van der Waals surface area (Å²) in [6, 6.07) is 0. The van der Waals surface area contributed by atoms with Crippen molar-refractivity contribution < 1.29 is 21.7 Å². The number of hydrogen-bond donors (Lipinski definition) is 0. The summed E-state index contributed by atoms with van der Waals surface area (Å²) in [5, 5.41) is 0. The van der Waals surface area contributed by atoms with Gasteiger partial charge in [-0.15, -0.1) is 37.2 Å². The minimum atomic E-state index is 0. The number of halogens is 3. The van der Waals surface area contributed by atoms with Crippen LogP contribution in [0.15, 0.2) is 0 Å². The summed E-state index contributed by atoms with van der Waals surface area (Å²) < 4.78 is 0. The van der Waals surface area contributed by atoms with Crippen molar-refractivity contribution in [3.05, 3.63) is 27.8 Å². The Labute approximate surface area is 158 Å². The van der Waals surface area contributed by atoms with E-state index in [1.54, 1.807) is 22.3 Å². The van der Waals surface area contributed by atoms with Crippen molar-refractivity contribution in [2.75, 3.05) is 0 Å². The van der Waals surface area contributed by atoms with Crippen LogP contribution in [0.1, 0.15) is 67.3 Å². The van der Waals surface area contributed by atoms with Gasteiger partial charge in [0.2, 0.25) is 0 Å². The van der Waals surface area contributed by atoms with Crippen molar-refractivity contribution in [1.82, 2.24) is 0 Å². The summed E-state index contributed by atoms with van der Waals surface area (Å²) >= 11 is 0. The van der Waals surface area contributed by atoms with Crippen LogP contribution in [-0.2, 0) is 21.7 Å². The van der Waals surface area contributed by atoms with Crippen molar-refractivity contribution in [2.45, 2.75) is 60.3 Å². The molecular formula is C16H28Cl3Ti-. The molecule has 0 fully saturated rings. The van der Waals surface area contributed by atoms with Gasteiger partial charge < -0.3 is 0 Å². The maximum absolute atomic E-state index is 2.42. The number of rotatable bonds is 0. The van der Waals surface area contributed by atoms with Crippen LogP contribution in [0.2, 0.25) is 0 Å². The zero-order chi connectivity index (χ0) is 12.2. The van der Waals surface area contributed by atoms with E-state index < -0.39 is 0 Å². The van der Waals surface area contributed by atoms with Gasteiger partial charge in [0.1, 0.15) is 0 Å². The Balaban J connectivity index is -0.000000722. The van der Waals surface area contributed by atoms with Gasteiger partial charge in [-0.2, -0.15) is 27.8 Å². The van der Waals surface area contributed by atoms with Crippen LogP contribution in [0.4, 0.5) is 0 Å². The molecule has 1 aliphatic carbocycles. The quantitative estimate of drug-likeness (QED) is 0.381. The Morgan fingerprint density at radius 3 is 1.65 bits per heavy atom. The second-order valence-corrected chi connectivity index (χ2v) is 6.00. The predicted molar refractivity (Wildman–Crippen MR) is 93.1 cm³/mol. The molecule has 118 valence electrons. The maximum atomic E-state index is 2.42. The molecule has 0 amide bonds. The Kier molecular flexibility index (Phi) is 11.8. The van der Waals surface area contributed by atoms with Gasteiger partial charge in [-0.05, 0) is 17.8 Å². The van der Waals surface area contributed by atoms with Crippen LogP contribution in [-0.4, -0.2) is 0 Å². The molecule has 0 radical (unpaired) electrons. The first-order valence-corrected chi connectivity index (χ1v) is 6.64. The Bertz CT molecular complexity index is 388. The van der Waals surface area contributed by atoms with Crippen LogP contribution in [0, 0.1) is 32.6 Å². The summed E-state index contributed by atoms with van der Waals surface area (Å²) in [6.45, 7) is 16.6. The number of hydrogen-bond acceptors (Lipinski definition) is 0. The van der Waals surface area contributed by atoms with E-state index in [4.69, 9.17) is 0 Å². The van der Waals surface area contributed by atoms with Crippen molar-refractivity contribution in [3.8, 4) is 0 Å². The first kappa shape index (κ1) is 25.9. The third-order valence-electron chi connectivity index (χ3n) is 5.54. The molecule has 0 saturated heterocycles. The van der Waals surface area contributed by atoms with Crippen LogP contribution in [0.25, 0.3) is 0 Å². The van der Waals surface area contributed by atoms with Crippen LogP contribution in [0.3, 0.4) is 0 Å². The molecule has 4 heteroatoms. The standard InChI is InChI=1S/C16H25.3ClH.Ti/c1-8-9(2)12(5)16-14(7)10(3)13(6)15(16)11(8)4;;;;/h8-9,11-12H,1-7H3;3*1H;/q-1;;;;. The van der Waals surface area contributed by atoms with Crippen LogP contribution >= 0.6 is 37.2 Å². The van der Waals surface area contributed by atoms with E-state index in [1.807, 2.05) is 0 Å². The second-order valence-electron chi connectivity index (χ2n) is 6.00. The second kappa shape index (κ2) is 9.16. The first-order chi connectivity index (χ1) is 7.37. The summed E-state index contributed by atoms with van der Waals surface area (Å²) in [5.41, 5.74) is 8.00. The molecule has 1 aromatic carbocycles. The molecule has 0 aromatic heterocycles. The SMILES string of the molecule is Cc1c2c([c-](C)c1C)C(C)C(C)C(C)C2C.Cl.Cl.Cl.[Ti]. The monoisotopic (exact) mass is 373 g/mol. The fourth-order valence-corrected chi connectivity index (χ4v) is 3.70. The zero-order valence-corrected chi connectivity index (χ0v) is 17.5. The Morgan fingerprint density at radius 2 is 1.20 bits per heavy atom. The van der Waals surface area contributed by atoms with E-state index in [0.717, 1.165) is 23.7 Å². The van der Waals surface area contributed by atoms with Crippen molar-refractivity contribution in [2.24, 2.45) is 11.8 Å². The predicted octanol–water partition coefficient (Wildman–Crippen LogP) is 6.09. The Hall–Kier alpha value is 0.934. The van der Waals surface area contributed by atoms with Gasteiger partial charge in [0, 0.05) is 21.7 Å². The average molecular weight is 375 g/mol. The normalized spacial score (nSPS) is 27.1. The van der Waals surface area contributed by atoms with Gasteiger partial charge in [0.25, 0.3) is 0 Å². The van der Waals surface area contributed by atoms with E-state index in [9.17, 15) is 0 Å². The van der Waals surface area contributed by atoms with Gasteiger partial charge in [0.05, 0.1) is 0 Å². The van der Waals surface area contributed by atoms with Crippen molar-refractivity contribution in [3.63, 3.8) is 0 Å². The fraction of sp³-hybridized carbons (Fsp3) is 0.688.